The summed E-state index contributed by atoms with van der Waals surface area (Å²) in [5, 5.41) is 0. The molecular formula is C7H10F3NO8S2. The molecule has 0 aliphatic carbocycles. The normalized spacial score (nSPS) is 12.9. The molecule has 0 saturated carbocycles. The Balaban J connectivity index is 4.47. The minimum atomic E-state index is -5.54. The van der Waals surface area contributed by atoms with Crippen LogP contribution in [0.5, 0.6) is 0 Å². The zero-order valence-corrected chi connectivity index (χ0v) is 11.8. The Hall–Kier alpha value is -1.22. The number of esters is 1. The molecule has 0 aromatic heterocycles. The minimum absolute atomic E-state index is 0.590. The summed E-state index contributed by atoms with van der Waals surface area (Å²) in [4.78, 5) is 10.6. The number of hydrogen-bond donors (Lipinski definition) is 1. The van der Waals surface area contributed by atoms with E-state index in [2.05, 4.69) is 19.7 Å². The summed E-state index contributed by atoms with van der Waals surface area (Å²) in [7, 11) is -10.6. The average molecular weight is 357 g/mol. The molecule has 0 aromatic rings. The maximum Gasteiger partial charge on any atom is 0.398 e. The minimum Gasteiger partial charge on any atom is -0.460 e. The predicted molar refractivity (Wildman–Crippen MR) is 60.1 cm³/mol. The van der Waals surface area contributed by atoms with Crippen molar-refractivity contribution in [1.82, 2.24) is 4.13 Å². The van der Waals surface area contributed by atoms with Gasteiger partial charge in [0.15, 0.2) is 6.67 Å². The van der Waals surface area contributed by atoms with Gasteiger partial charge in [-0.3, -0.25) is 4.18 Å². The van der Waals surface area contributed by atoms with Crippen LogP contribution in [0.2, 0.25) is 0 Å². The summed E-state index contributed by atoms with van der Waals surface area (Å²) in [6.45, 7) is -0.864. The van der Waals surface area contributed by atoms with Crippen LogP contribution in [-0.2, 0) is 38.5 Å². The van der Waals surface area contributed by atoms with E-state index in [-0.39, 0.29) is 0 Å². The molecule has 21 heavy (non-hydrogen) atoms. The first kappa shape index (κ1) is 19.8. The third kappa shape index (κ3) is 9.35. The fourth-order valence-corrected chi connectivity index (χ4v) is 2.68. The van der Waals surface area contributed by atoms with Gasteiger partial charge in [0.2, 0.25) is 0 Å². The summed E-state index contributed by atoms with van der Waals surface area (Å²) < 4.78 is 92.0. The van der Waals surface area contributed by atoms with E-state index >= 15 is 0 Å². The second-order valence-electron chi connectivity index (χ2n) is 3.04. The van der Waals surface area contributed by atoms with Gasteiger partial charge in [-0.1, -0.05) is 10.7 Å². The molecule has 0 unspecified atom stereocenters. The van der Waals surface area contributed by atoms with Gasteiger partial charge in [0.1, 0.15) is 13.2 Å². The number of ether oxygens (including phenoxy) is 1. The zero-order chi connectivity index (χ0) is 16.7. The lowest BCUT2D eigenvalue weighted by Gasteiger charge is -2.13. The van der Waals surface area contributed by atoms with Gasteiger partial charge in [-0.25, -0.2) is 9.18 Å². The maximum absolute atomic E-state index is 12.3. The lowest BCUT2D eigenvalue weighted by Crippen LogP contribution is -2.39. The molecular weight excluding hydrogens is 347 g/mol. The van der Waals surface area contributed by atoms with E-state index in [0.717, 1.165) is 6.08 Å². The highest BCUT2D eigenvalue weighted by Crippen LogP contribution is 2.18. The molecule has 0 saturated heterocycles. The van der Waals surface area contributed by atoms with Crippen LogP contribution < -0.4 is 4.13 Å². The van der Waals surface area contributed by atoms with E-state index in [1.807, 2.05) is 0 Å². The van der Waals surface area contributed by atoms with Crippen molar-refractivity contribution in [3.63, 3.8) is 0 Å². The number of halogens is 3. The average Bonchev–Trinajstić information content (AvgIpc) is 2.31. The number of hydrogen-bond acceptors (Lipinski definition) is 8. The van der Waals surface area contributed by atoms with E-state index in [1.165, 1.54) is 0 Å². The van der Waals surface area contributed by atoms with Crippen LogP contribution in [-0.4, -0.2) is 48.8 Å². The quantitative estimate of drug-likeness (QED) is 0.312. The molecule has 0 bridgehead atoms. The number of alkyl halides is 3. The van der Waals surface area contributed by atoms with Gasteiger partial charge in [0.05, 0.1) is 0 Å². The van der Waals surface area contributed by atoms with Gasteiger partial charge in [0.25, 0.3) is 0 Å². The van der Waals surface area contributed by atoms with Crippen molar-refractivity contribution in [3.8, 4) is 0 Å². The van der Waals surface area contributed by atoms with Gasteiger partial charge in [-0.05, 0) is 0 Å². The highest BCUT2D eigenvalue weighted by molar-refractivity contribution is 8.00. The Bertz CT molecular complexity index is 573. The van der Waals surface area contributed by atoms with Crippen LogP contribution in [0.4, 0.5) is 13.2 Å². The lowest BCUT2D eigenvalue weighted by atomic mass is 10.6. The number of rotatable bonds is 10. The first-order valence-corrected chi connectivity index (χ1v) is 7.61. The molecule has 0 heterocycles. The van der Waals surface area contributed by atoms with Crippen LogP contribution in [0.1, 0.15) is 0 Å². The molecule has 0 aromatic carbocycles. The highest BCUT2D eigenvalue weighted by atomic mass is 32.3. The second-order valence-corrected chi connectivity index (χ2v) is 5.93. The summed E-state index contributed by atoms with van der Waals surface area (Å²) >= 11 is 0. The Labute approximate surface area is 118 Å². The molecule has 0 aliphatic heterocycles. The van der Waals surface area contributed by atoms with Crippen molar-refractivity contribution in [2.45, 2.75) is 6.11 Å². The van der Waals surface area contributed by atoms with Crippen molar-refractivity contribution in [2.75, 3.05) is 19.9 Å². The molecule has 0 amide bonds. The Morgan fingerprint density at radius 2 is 1.76 bits per heavy atom. The maximum atomic E-state index is 12.3. The lowest BCUT2D eigenvalue weighted by molar-refractivity contribution is -0.183. The molecule has 0 rings (SSSR count). The second kappa shape index (κ2) is 7.69. The molecule has 124 valence electrons. The third-order valence-electron chi connectivity index (χ3n) is 1.32. The number of carbonyl (C=O) groups is 1. The number of carbonyl (C=O) groups excluding carboxylic acids is 1. The van der Waals surface area contributed by atoms with E-state index < -0.39 is 52.6 Å². The molecule has 14 heteroatoms. The van der Waals surface area contributed by atoms with Crippen LogP contribution in [0.3, 0.4) is 0 Å². The molecule has 0 radical (unpaired) electrons. The molecule has 0 fully saturated rings. The summed E-state index contributed by atoms with van der Waals surface area (Å²) in [6.07, 6.45) is -3.97. The number of nitrogens with one attached hydrogen (secondary N) is 1. The Kier molecular flexibility index (Phi) is 7.25. The highest BCUT2D eigenvalue weighted by Gasteiger charge is 2.38. The third-order valence-corrected chi connectivity index (χ3v) is 3.90. The van der Waals surface area contributed by atoms with E-state index in [1.54, 1.807) is 0 Å². The van der Waals surface area contributed by atoms with Crippen molar-refractivity contribution in [2.24, 2.45) is 0 Å². The largest absolute Gasteiger partial charge is 0.460 e. The molecule has 0 atom stereocenters. The summed E-state index contributed by atoms with van der Waals surface area (Å²) in [5.41, 5.74) is 0. The van der Waals surface area contributed by atoms with E-state index in [4.69, 9.17) is 0 Å². The molecule has 0 spiro atoms. The summed E-state index contributed by atoms with van der Waals surface area (Å²) in [6, 6.07) is 0. The standard InChI is InChI=1S/C7H10F3NO8S2/c1-2-6(12)17-3-4-18-20(13,14)11-21(15,16)19-7(9,10)5-8/h2,11H,1,3-5H2. The molecule has 9 nitrogen and oxygen atoms in total. The fraction of sp³-hybridized carbons (Fsp3) is 0.571. The Morgan fingerprint density at radius 3 is 2.24 bits per heavy atom. The van der Waals surface area contributed by atoms with Crippen molar-refractivity contribution in [3.05, 3.63) is 12.7 Å². The first-order chi connectivity index (χ1) is 9.43. The van der Waals surface area contributed by atoms with E-state index in [9.17, 15) is 34.8 Å². The van der Waals surface area contributed by atoms with Crippen molar-refractivity contribution < 1.29 is 47.9 Å². The van der Waals surface area contributed by atoms with Crippen molar-refractivity contribution in [1.29, 1.82) is 0 Å². The summed E-state index contributed by atoms with van der Waals surface area (Å²) in [5.74, 6) is -0.900. The van der Waals surface area contributed by atoms with Gasteiger partial charge in [0, 0.05) is 6.08 Å². The van der Waals surface area contributed by atoms with Gasteiger partial charge >= 0.3 is 32.7 Å². The zero-order valence-electron chi connectivity index (χ0n) is 10.1. The smallest absolute Gasteiger partial charge is 0.398 e. The van der Waals surface area contributed by atoms with Gasteiger partial charge < -0.3 is 4.74 Å². The topological polar surface area (TPSA) is 125 Å². The first-order valence-electron chi connectivity index (χ1n) is 4.79. The van der Waals surface area contributed by atoms with Crippen LogP contribution >= 0.6 is 0 Å². The Morgan fingerprint density at radius 1 is 1.19 bits per heavy atom. The fourth-order valence-electron chi connectivity index (χ4n) is 0.694. The van der Waals surface area contributed by atoms with Gasteiger partial charge in [-0.2, -0.15) is 29.8 Å². The molecule has 0 aliphatic rings. The SMILES string of the molecule is C=CC(=O)OCCOS(=O)(=O)NS(=O)(=O)OC(F)(F)CF. The van der Waals surface area contributed by atoms with Crippen LogP contribution in [0.25, 0.3) is 0 Å². The van der Waals surface area contributed by atoms with Crippen LogP contribution in [0.15, 0.2) is 12.7 Å². The molecule has 1 N–H and O–H groups in total. The van der Waals surface area contributed by atoms with Crippen LogP contribution in [0, 0.1) is 0 Å². The van der Waals surface area contributed by atoms with Gasteiger partial charge in [-0.15, -0.1) is 0 Å². The predicted octanol–water partition coefficient (Wildman–Crippen LogP) is -0.610. The van der Waals surface area contributed by atoms with Crippen molar-refractivity contribution >= 4 is 26.6 Å². The monoisotopic (exact) mass is 357 g/mol. The van der Waals surface area contributed by atoms with E-state index in [0.29, 0.717) is 4.13 Å².